The van der Waals surface area contributed by atoms with Crippen molar-refractivity contribution >= 4 is 27.3 Å². The zero-order valence-electron chi connectivity index (χ0n) is 19.4. The molecule has 0 fully saturated rings. The summed E-state index contributed by atoms with van der Waals surface area (Å²) in [6.45, 7) is 4.05. The normalized spacial score (nSPS) is 11.2. The summed E-state index contributed by atoms with van der Waals surface area (Å²) in [7, 11) is -3.82. The second kappa shape index (κ2) is 10.1. The molecule has 0 heterocycles. The number of hydrogen-bond acceptors (Lipinski definition) is 3. The summed E-state index contributed by atoms with van der Waals surface area (Å²) in [5.41, 5.74) is 4.28. The van der Waals surface area contributed by atoms with Crippen LogP contribution < -0.4 is 9.62 Å². The van der Waals surface area contributed by atoms with E-state index in [4.69, 9.17) is 0 Å². The largest absolute Gasteiger partial charge is 0.322 e. The number of rotatable bonds is 7. The van der Waals surface area contributed by atoms with E-state index in [1.165, 1.54) is 28.6 Å². The van der Waals surface area contributed by atoms with Gasteiger partial charge >= 0.3 is 0 Å². The Hall–Kier alpha value is -3.97. The van der Waals surface area contributed by atoms with Crippen LogP contribution in [-0.2, 0) is 16.6 Å². The second-order valence-corrected chi connectivity index (χ2v) is 10.1. The van der Waals surface area contributed by atoms with Crippen molar-refractivity contribution < 1.29 is 17.6 Å². The molecule has 4 aromatic carbocycles. The molecule has 4 rings (SSSR count). The average molecular weight is 489 g/mol. The molecular weight excluding hydrogens is 463 g/mol. The second-order valence-electron chi connectivity index (χ2n) is 8.25. The zero-order valence-corrected chi connectivity index (χ0v) is 20.2. The van der Waals surface area contributed by atoms with Crippen LogP contribution in [-0.4, -0.2) is 14.3 Å². The van der Waals surface area contributed by atoms with Crippen LogP contribution >= 0.6 is 0 Å². The molecule has 35 heavy (non-hydrogen) atoms. The van der Waals surface area contributed by atoms with E-state index in [0.29, 0.717) is 16.9 Å². The SMILES string of the molecule is Cc1ccc(N(Cc2ccc(NC(=O)c3ccc(F)cc3)cc2)S(=O)(=O)c2ccccc2)cc1C. The molecule has 0 saturated carbocycles. The predicted molar refractivity (Wildman–Crippen MR) is 137 cm³/mol. The Morgan fingerprint density at radius 2 is 1.49 bits per heavy atom. The van der Waals surface area contributed by atoms with Crippen molar-refractivity contribution in [1.29, 1.82) is 0 Å². The molecule has 178 valence electrons. The molecule has 4 aromatic rings. The molecule has 0 aliphatic rings. The van der Waals surface area contributed by atoms with Gasteiger partial charge in [0.05, 0.1) is 17.1 Å². The topological polar surface area (TPSA) is 66.5 Å². The van der Waals surface area contributed by atoms with Crippen molar-refractivity contribution in [2.24, 2.45) is 0 Å². The molecule has 1 N–H and O–H groups in total. The molecule has 0 spiro atoms. The highest BCUT2D eigenvalue weighted by Gasteiger charge is 2.25. The number of sulfonamides is 1. The van der Waals surface area contributed by atoms with Gasteiger partial charge in [-0.3, -0.25) is 9.10 Å². The molecule has 0 aliphatic carbocycles. The molecule has 0 bridgehead atoms. The Labute approximate surface area is 204 Å². The number of halogens is 1. The molecule has 0 radical (unpaired) electrons. The lowest BCUT2D eigenvalue weighted by Crippen LogP contribution is -2.30. The van der Waals surface area contributed by atoms with Crippen LogP contribution in [0.15, 0.2) is 102 Å². The quantitative estimate of drug-likeness (QED) is 0.342. The minimum atomic E-state index is -3.82. The minimum absolute atomic E-state index is 0.117. The van der Waals surface area contributed by atoms with Crippen molar-refractivity contribution in [2.75, 3.05) is 9.62 Å². The van der Waals surface area contributed by atoms with Gasteiger partial charge in [-0.05, 0) is 91.2 Å². The number of amides is 1. The van der Waals surface area contributed by atoms with Gasteiger partial charge < -0.3 is 5.32 Å². The Morgan fingerprint density at radius 3 is 2.11 bits per heavy atom. The number of hydrogen-bond donors (Lipinski definition) is 1. The highest BCUT2D eigenvalue weighted by molar-refractivity contribution is 7.92. The molecule has 0 saturated heterocycles. The van der Waals surface area contributed by atoms with E-state index in [9.17, 15) is 17.6 Å². The fourth-order valence-corrected chi connectivity index (χ4v) is 5.04. The van der Waals surface area contributed by atoms with Crippen molar-refractivity contribution in [3.8, 4) is 0 Å². The number of carbonyl (C=O) groups excluding carboxylic acids is 1. The summed E-state index contributed by atoms with van der Waals surface area (Å²) in [6.07, 6.45) is 0. The van der Waals surface area contributed by atoms with Crippen LogP contribution in [0, 0.1) is 19.7 Å². The fraction of sp³-hybridized carbons (Fsp3) is 0.107. The van der Waals surface area contributed by atoms with Crippen LogP contribution in [0.5, 0.6) is 0 Å². The summed E-state index contributed by atoms with van der Waals surface area (Å²) in [4.78, 5) is 12.6. The molecule has 0 aromatic heterocycles. The summed E-state index contributed by atoms with van der Waals surface area (Å²) in [5.74, 6) is -0.772. The standard InChI is InChI=1S/C28H25FN2O3S/c1-20-8-17-26(18-21(20)2)31(35(33,34)27-6-4-3-5-7-27)19-22-9-15-25(16-10-22)30-28(32)23-11-13-24(29)14-12-23/h3-18H,19H2,1-2H3,(H,30,32). The minimum Gasteiger partial charge on any atom is -0.322 e. The first-order valence-electron chi connectivity index (χ1n) is 11.0. The van der Waals surface area contributed by atoms with Crippen molar-refractivity contribution in [2.45, 2.75) is 25.3 Å². The lowest BCUT2D eigenvalue weighted by molar-refractivity contribution is 0.102. The van der Waals surface area contributed by atoms with Crippen LogP contribution in [0.4, 0.5) is 15.8 Å². The van der Waals surface area contributed by atoms with E-state index in [0.717, 1.165) is 16.7 Å². The Kier molecular flexibility index (Phi) is 6.98. The number of nitrogens with zero attached hydrogens (tertiary/aromatic N) is 1. The number of carbonyl (C=O) groups is 1. The van der Waals surface area contributed by atoms with Gasteiger partial charge in [0.2, 0.25) is 0 Å². The fourth-order valence-electron chi connectivity index (χ4n) is 3.58. The summed E-state index contributed by atoms with van der Waals surface area (Å²) in [6, 6.07) is 26.2. The van der Waals surface area contributed by atoms with Crippen molar-refractivity contribution in [3.63, 3.8) is 0 Å². The average Bonchev–Trinajstić information content (AvgIpc) is 2.86. The van der Waals surface area contributed by atoms with Crippen LogP contribution in [0.3, 0.4) is 0 Å². The first-order chi connectivity index (χ1) is 16.7. The first-order valence-corrected chi connectivity index (χ1v) is 12.5. The molecule has 1 amide bonds. The lowest BCUT2D eigenvalue weighted by Gasteiger charge is -2.25. The maximum atomic E-state index is 13.6. The van der Waals surface area contributed by atoms with Gasteiger partial charge in [-0.1, -0.05) is 36.4 Å². The van der Waals surface area contributed by atoms with Gasteiger partial charge in [-0.15, -0.1) is 0 Å². The van der Waals surface area contributed by atoms with Crippen molar-refractivity contribution in [1.82, 2.24) is 0 Å². The van der Waals surface area contributed by atoms with Crippen molar-refractivity contribution in [3.05, 3.63) is 125 Å². The monoisotopic (exact) mass is 488 g/mol. The summed E-state index contributed by atoms with van der Waals surface area (Å²) < 4.78 is 41.6. The molecule has 0 unspecified atom stereocenters. The molecule has 0 aliphatic heterocycles. The highest BCUT2D eigenvalue weighted by atomic mass is 32.2. The Morgan fingerprint density at radius 1 is 0.829 bits per heavy atom. The summed E-state index contributed by atoms with van der Waals surface area (Å²) in [5, 5.41) is 2.77. The van der Waals surface area contributed by atoms with Gasteiger partial charge in [0.15, 0.2) is 0 Å². The Bertz CT molecular complexity index is 1440. The summed E-state index contributed by atoms with van der Waals surface area (Å²) >= 11 is 0. The third kappa shape index (κ3) is 5.58. The number of aryl methyl sites for hydroxylation is 2. The van der Waals surface area contributed by atoms with Gasteiger partial charge in [0.25, 0.3) is 15.9 Å². The van der Waals surface area contributed by atoms with E-state index in [2.05, 4.69) is 5.32 Å². The maximum Gasteiger partial charge on any atom is 0.264 e. The third-order valence-corrected chi connectivity index (χ3v) is 7.54. The lowest BCUT2D eigenvalue weighted by atomic mass is 10.1. The maximum absolute atomic E-state index is 13.6. The van der Waals surface area contributed by atoms with E-state index in [-0.39, 0.29) is 17.3 Å². The number of benzene rings is 4. The van der Waals surface area contributed by atoms with E-state index < -0.39 is 15.8 Å². The van der Waals surface area contributed by atoms with Crippen LogP contribution in [0.25, 0.3) is 0 Å². The molecule has 5 nitrogen and oxygen atoms in total. The molecular formula is C28H25FN2O3S. The van der Waals surface area contributed by atoms with Gasteiger partial charge in [-0.2, -0.15) is 0 Å². The van der Waals surface area contributed by atoms with E-state index in [1.54, 1.807) is 60.7 Å². The zero-order chi connectivity index (χ0) is 25.0. The van der Waals surface area contributed by atoms with Crippen LogP contribution in [0.2, 0.25) is 0 Å². The highest BCUT2D eigenvalue weighted by Crippen LogP contribution is 2.28. The van der Waals surface area contributed by atoms with Gasteiger partial charge in [-0.25, -0.2) is 12.8 Å². The van der Waals surface area contributed by atoms with Gasteiger partial charge in [0.1, 0.15) is 5.82 Å². The van der Waals surface area contributed by atoms with E-state index in [1.807, 2.05) is 26.0 Å². The number of anilines is 2. The third-order valence-electron chi connectivity index (χ3n) is 5.75. The Balaban J connectivity index is 1.60. The van der Waals surface area contributed by atoms with Gasteiger partial charge in [0, 0.05) is 11.3 Å². The van der Waals surface area contributed by atoms with Crippen LogP contribution in [0.1, 0.15) is 27.0 Å². The predicted octanol–water partition coefficient (Wildman–Crippen LogP) is 6.09. The molecule has 7 heteroatoms. The number of nitrogens with one attached hydrogen (secondary N) is 1. The first kappa shape index (κ1) is 24.2. The molecule has 0 atom stereocenters. The smallest absolute Gasteiger partial charge is 0.264 e. The van der Waals surface area contributed by atoms with E-state index >= 15 is 0 Å².